The van der Waals surface area contributed by atoms with Crippen LogP contribution in [-0.2, 0) is 4.57 Å². The average Bonchev–Trinajstić information content (AvgIpc) is 2.10. The van der Waals surface area contributed by atoms with Gasteiger partial charge in [-0.25, -0.2) is 0 Å². The maximum absolute atomic E-state index is 11.2. The van der Waals surface area contributed by atoms with Gasteiger partial charge in [0.1, 0.15) is 0 Å². The van der Waals surface area contributed by atoms with Crippen molar-refractivity contribution in [2.45, 2.75) is 64.5 Å². The van der Waals surface area contributed by atoms with E-state index < -0.39 is 12.8 Å². The van der Waals surface area contributed by atoms with Crippen LogP contribution in [0.4, 0.5) is 0 Å². The van der Waals surface area contributed by atoms with Crippen molar-refractivity contribution in [1.29, 1.82) is 0 Å². The fourth-order valence-electron chi connectivity index (χ4n) is 1.46. The van der Waals surface area contributed by atoms with Crippen LogP contribution in [0.1, 0.15) is 59.3 Å². The molecule has 2 N–H and O–H groups in total. The quantitative estimate of drug-likeness (QED) is 0.513. The van der Waals surface area contributed by atoms with E-state index in [1.54, 1.807) is 6.92 Å². The molecule has 0 fully saturated rings. The number of hydrogen-bond acceptors (Lipinski definition) is 1. The van der Waals surface area contributed by atoms with Gasteiger partial charge in [-0.3, -0.25) is 4.57 Å². The zero-order valence-corrected chi connectivity index (χ0v) is 10.4. The first kappa shape index (κ1) is 14.2. The van der Waals surface area contributed by atoms with Crippen LogP contribution < -0.4 is 0 Å². The zero-order valence-electron chi connectivity index (χ0n) is 9.49. The molecule has 1 atom stereocenters. The Labute approximate surface area is 87.1 Å². The van der Waals surface area contributed by atoms with E-state index in [0.717, 1.165) is 25.7 Å². The zero-order chi connectivity index (χ0) is 11.2. The molecule has 0 radical (unpaired) electrons. The normalized spacial score (nSPS) is 16.6. The van der Waals surface area contributed by atoms with E-state index in [0.29, 0.717) is 12.8 Å². The Hall–Kier alpha value is 0.150. The first-order valence-corrected chi connectivity index (χ1v) is 7.04. The van der Waals surface area contributed by atoms with Crippen LogP contribution >= 0.6 is 7.60 Å². The van der Waals surface area contributed by atoms with Gasteiger partial charge in [0, 0.05) is 0 Å². The van der Waals surface area contributed by atoms with Gasteiger partial charge in [-0.2, -0.15) is 0 Å². The third-order valence-corrected chi connectivity index (χ3v) is 4.98. The molecule has 0 aliphatic heterocycles. The Morgan fingerprint density at radius 1 is 1.14 bits per heavy atom. The van der Waals surface area contributed by atoms with Crippen molar-refractivity contribution in [1.82, 2.24) is 0 Å². The smallest absolute Gasteiger partial charge is 0.324 e. The Morgan fingerprint density at radius 3 is 2.07 bits per heavy atom. The molecule has 1 unspecified atom stereocenters. The van der Waals surface area contributed by atoms with Crippen LogP contribution in [-0.4, -0.2) is 14.9 Å². The summed E-state index contributed by atoms with van der Waals surface area (Å²) in [6, 6.07) is 0. The van der Waals surface area contributed by atoms with E-state index in [1.807, 2.05) is 6.92 Å². The van der Waals surface area contributed by atoms with Crippen molar-refractivity contribution < 1.29 is 14.4 Å². The summed E-state index contributed by atoms with van der Waals surface area (Å²) in [7, 11) is -3.94. The second-order valence-electron chi connectivity index (χ2n) is 4.21. The number of hydrogen-bond donors (Lipinski definition) is 2. The van der Waals surface area contributed by atoms with Crippen molar-refractivity contribution in [3.8, 4) is 0 Å². The van der Waals surface area contributed by atoms with E-state index in [-0.39, 0.29) is 0 Å². The minimum Gasteiger partial charge on any atom is -0.324 e. The molecule has 0 aliphatic rings. The fraction of sp³-hybridized carbons (Fsp3) is 1.00. The standard InChI is InChI=1S/C10H23O3P/c1-4-6-7-8-9-10(3,5-2)14(11,12)13/h4-9H2,1-3H3,(H2,11,12,13). The summed E-state index contributed by atoms with van der Waals surface area (Å²) in [4.78, 5) is 18.4. The molecular weight excluding hydrogens is 199 g/mol. The molecule has 0 saturated carbocycles. The molecule has 0 aliphatic carbocycles. The molecule has 0 saturated heterocycles. The molecule has 0 bridgehead atoms. The predicted molar refractivity (Wildman–Crippen MR) is 59.5 cm³/mol. The molecule has 0 rings (SSSR count). The predicted octanol–water partition coefficient (Wildman–Crippen LogP) is 3.30. The fourth-order valence-corrected chi connectivity index (χ4v) is 2.32. The lowest BCUT2D eigenvalue weighted by molar-refractivity contribution is 0.314. The monoisotopic (exact) mass is 222 g/mol. The first-order valence-electron chi connectivity index (χ1n) is 5.43. The van der Waals surface area contributed by atoms with Crippen LogP contribution in [0.3, 0.4) is 0 Å². The van der Waals surface area contributed by atoms with Crippen LogP contribution in [0.2, 0.25) is 0 Å². The molecule has 14 heavy (non-hydrogen) atoms. The van der Waals surface area contributed by atoms with Crippen LogP contribution in [0.15, 0.2) is 0 Å². The minimum absolute atomic E-state index is 0.545. The van der Waals surface area contributed by atoms with Gasteiger partial charge in [-0.15, -0.1) is 0 Å². The van der Waals surface area contributed by atoms with E-state index >= 15 is 0 Å². The molecule has 4 heteroatoms. The number of rotatable bonds is 7. The third kappa shape index (κ3) is 4.12. The minimum atomic E-state index is -3.94. The summed E-state index contributed by atoms with van der Waals surface area (Å²) in [6.07, 6.45) is 5.48. The lowest BCUT2D eigenvalue weighted by Crippen LogP contribution is -2.23. The van der Waals surface area contributed by atoms with Crippen molar-refractivity contribution in [2.75, 3.05) is 0 Å². The summed E-state index contributed by atoms with van der Waals surface area (Å²) in [5, 5.41) is -0.805. The molecule has 0 amide bonds. The van der Waals surface area contributed by atoms with Gasteiger partial charge in [0.15, 0.2) is 0 Å². The summed E-state index contributed by atoms with van der Waals surface area (Å²) in [5.74, 6) is 0. The van der Waals surface area contributed by atoms with Crippen LogP contribution in [0.5, 0.6) is 0 Å². The van der Waals surface area contributed by atoms with Gasteiger partial charge >= 0.3 is 7.60 Å². The van der Waals surface area contributed by atoms with Crippen molar-refractivity contribution in [2.24, 2.45) is 0 Å². The lowest BCUT2D eigenvalue weighted by atomic mass is 9.99. The SMILES string of the molecule is CCCCCCC(C)(CC)P(=O)(O)O. The Balaban J connectivity index is 4.08. The molecular formula is C10H23O3P. The molecule has 86 valence electrons. The summed E-state index contributed by atoms with van der Waals surface area (Å²) >= 11 is 0. The first-order chi connectivity index (χ1) is 6.37. The second-order valence-corrected chi connectivity index (χ2v) is 6.37. The lowest BCUT2D eigenvalue weighted by Gasteiger charge is -2.29. The molecule has 0 aromatic rings. The molecule has 3 nitrogen and oxygen atoms in total. The maximum Gasteiger partial charge on any atom is 0.331 e. The second kappa shape index (κ2) is 5.89. The van der Waals surface area contributed by atoms with Gasteiger partial charge in [0.25, 0.3) is 0 Å². The van der Waals surface area contributed by atoms with Crippen molar-refractivity contribution in [3.63, 3.8) is 0 Å². The van der Waals surface area contributed by atoms with E-state index in [9.17, 15) is 14.4 Å². The highest BCUT2D eigenvalue weighted by atomic mass is 31.2. The van der Waals surface area contributed by atoms with E-state index in [2.05, 4.69) is 6.92 Å². The highest BCUT2D eigenvalue weighted by Gasteiger charge is 2.39. The molecule has 0 aromatic carbocycles. The third-order valence-electron chi connectivity index (χ3n) is 3.03. The van der Waals surface area contributed by atoms with Crippen molar-refractivity contribution in [3.05, 3.63) is 0 Å². The average molecular weight is 222 g/mol. The highest BCUT2D eigenvalue weighted by Crippen LogP contribution is 2.54. The molecule has 0 heterocycles. The molecule has 0 spiro atoms. The Bertz CT molecular complexity index is 200. The summed E-state index contributed by atoms with van der Waals surface area (Å²) in [5.41, 5.74) is 0. The van der Waals surface area contributed by atoms with Gasteiger partial charge in [0.05, 0.1) is 5.16 Å². The van der Waals surface area contributed by atoms with E-state index in [1.165, 1.54) is 0 Å². The number of unbranched alkanes of at least 4 members (excludes halogenated alkanes) is 3. The molecule has 0 aromatic heterocycles. The summed E-state index contributed by atoms with van der Waals surface area (Å²) in [6.45, 7) is 5.67. The Morgan fingerprint density at radius 2 is 1.71 bits per heavy atom. The highest BCUT2D eigenvalue weighted by molar-refractivity contribution is 7.53. The topological polar surface area (TPSA) is 57.5 Å². The van der Waals surface area contributed by atoms with Crippen molar-refractivity contribution >= 4 is 7.60 Å². The van der Waals surface area contributed by atoms with Gasteiger partial charge in [-0.1, -0.05) is 39.5 Å². The van der Waals surface area contributed by atoms with Gasteiger partial charge in [-0.05, 0) is 19.8 Å². The van der Waals surface area contributed by atoms with Gasteiger partial charge < -0.3 is 9.79 Å². The summed E-state index contributed by atoms with van der Waals surface area (Å²) < 4.78 is 11.2. The van der Waals surface area contributed by atoms with E-state index in [4.69, 9.17) is 0 Å². The Kier molecular flexibility index (Phi) is 5.96. The van der Waals surface area contributed by atoms with Gasteiger partial charge in [0.2, 0.25) is 0 Å². The maximum atomic E-state index is 11.2. The largest absolute Gasteiger partial charge is 0.331 e. The van der Waals surface area contributed by atoms with Crippen LogP contribution in [0.25, 0.3) is 0 Å². The van der Waals surface area contributed by atoms with Crippen LogP contribution in [0, 0.1) is 0 Å².